The molecule has 0 aliphatic rings. The van der Waals surface area contributed by atoms with Gasteiger partial charge < -0.3 is 5.32 Å². The quantitative estimate of drug-likeness (QED) is 0.697. The van der Waals surface area contributed by atoms with E-state index in [9.17, 15) is 4.79 Å². The van der Waals surface area contributed by atoms with E-state index in [-0.39, 0.29) is 18.5 Å². The number of nitrogens with one attached hydrogen (secondary N) is 2. The maximum absolute atomic E-state index is 12.4. The van der Waals surface area contributed by atoms with Crippen molar-refractivity contribution in [3.8, 4) is 6.07 Å². The Morgan fingerprint density at radius 2 is 1.67 bits per heavy atom. The summed E-state index contributed by atoms with van der Waals surface area (Å²) in [5, 5.41) is 15.1. The number of amides is 1. The van der Waals surface area contributed by atoms with Crippen molar-refractivity contribution in [3.63, 3.8) is 0 Å². The maximum Gasteiger partial charge on any atom is 0.238 e. The minimum Gasteiger partial charge on any atom is -0.325 e. The standard InChI is InChI=1S/C23H21N3O/c1-17-10-12-20(13-11-17)23(19-7-3-2-4-8-19)25-16-22(27)26-21-9-5-6-18(14-21)15-24/h2-14,23,25H,16H2,1H3,(H,26,27). The maximum atomic E-state index is 12.4. The van der Waals surface area contributed by atoms with Crippen molar-refractivity contribution in [1.29, 1.82) is 5.26 Å². The number of hydrogen-bond acceptors (Lipinski definition) is 3. The third kappa shape index (κ3) is 5.04. The van der Waals surface area contributed by atoms with Crippen molar-refractivity contribution in [2.75, 3.05) is 11.9 Å². The van der Waals surface area contributed by atoms with Crippen molar-refractivity contribution < 1.29 is 4.79 Å². The van der Waals surface area contributed by atoms with Crippen LogP contribution in [0, 0.1) is 18.3 Å². The first-order valence-corrected chi connectivity index (χ1v) is 8.80. The van der Waals surface area contributed by atoms with Gasteiger partial charge in [-0.1, -0.05) is 66.2 Å². The van der Waals surface area contributed by atoms with Crippen LogP contribution in [0.5, 0.6) is 0 Å². The van der Waals surface area contributed by atoms with Gasteiger partial charge >= 0.3 is 0 Å². The second-order valence-electron chi connectivity index (χ2n) is 6.38. The Morgan fingerprint density at radius 1 is 0.963 bits per heavy atom. The van der Waals surface area contributed by atoms with Crippen molar-refractivity contribution in [2.45, 2.75) is 13.0 Å². The third-order valence-electron chi connectivity index (χ3n) is 4.29. The average molecular weight is 355 g/mol. The molecule has 1 amide bonds. The van der Waals surface area contributed by atoms with Crippen LogP contribution in [-0.2, 0) is 4.79 Å². The van der Waals surface area contributed by atoms with Crippen LogP contribution in [0.4, 0.5) is 5.69 Å². The molecule has 0 fully saturated rings. The lowest BCUT2D eigenvalue weighted by Gasteiger charge is -2.20. The molecule has 0 spiro atoms. The van der Waals surface area contributed by atoms with Crippen LogP contribution in [-0.4, -0.2) is 12.5 Å². The first-order valence-electron chi connectivity index (χ1n) is 8.80. The summed E-state index contributed by atoms with van der Waals surface area (Å²) in [4.78, 5) is 12.4. The van der Waals surface area contributed by atoms with E-state index in [0.717, 1.165) is 11.1 Å². The highest BCUT2D eigenvalue weighted by Crippen LogP contribution is 2.22. The number of nitriles is 1. The second kappa shape index (κ2) is 8.79. The number of anilines is 1. The van der Waals surface area contributed by atoms with Crippen LogP contribution >= 0.6 is 0 Å². The lowest BCUT2D eigenvalue weighted by Crippen LogP contribution is -2.31. The molecule has 4 nitrogen and oxygen atoms in total. The van der Waals surface area contributed by atoms with Crippen molar-refractivity contribution in [3.05, 3.63) is 101 Å². The summed E-state index contributed by atoms with van der Waals surface area (Å²) in [6.07, 6.45) is 0. The Morgan fingerprint density at radius 3 is 2.37 bits per heavy atom. The van der Waals surface area contributed by atoms with Gasteiger partial charge in [0.05, 0.1) is 24.2 Å². The molecule has 3 aromatic rings. The number of carbonyl (C=O) groups excluding carboxylic acids is 1. The van der Waals surface area contributed by atoms with E-state index in [0.29, 0.717) is 11.3 Å². The molecule has 3 aromatic carbocycles. The highest BCUT2D eigenvalue weighted by Gasteiger charge is 2.15. The fraction of sp³-hybridized carbons (Fsp3) is 0.130. The monoisotopic (exact) mass is 355 g/mol. The molecule has 0 radical (unpaired) electrons. The summed E-state index contributed by atoms with van der Waals surface area (Å²) in [5.74, 6) is -0.155. The zero-order valence-electron chi connectivity index (χ0n) is 15.1. The van der Waals surface area contributed by atoms with Crippen molar-refractivity contribution >= 4 is 11.6 Å². The molecule has 0 saturated heterocycles. The van der Waals surface area contributed by atoms with Gasteiger partial charge in [-0.05, 0) is 36.2 Å². The number of nitrogens with zero attached hydrogens (tertiary/aromatic N) is 1. The normalized spacial score (nSPS) is 11.4. The summed E-state index contributed by atoms with van der Waals surface area (Å²) < 4.78 is 0. The summed E-state index contributed by atoms with van der Waals surface area (Å²) in [5.41, 5.74) is 4.53. The highest BCUT2D eigenvalue weighted by molar-refractivity contribution is 5.92. The first-order chi connectivity index (χ1) is 13.2. The topological polar surface area (TPSA) is 64.9 Å². The second-order valence-corrected chi connectivity index (χ2v) is 6.38. The van der Waals surface area contributed by atoms with E-state index < -0.39 is 0 Å². The number of hydrogen-bond donors (Lipinski definition) is 2. The van der Waals surface area contributed by atoms with Gasteiger partial charge in [0.15, 0.2) is 0 Å². The van der Waals surface area contributed by atoms with Gasteiger partial charge in [-0.25, -0.2) is 0 Å². The van der Waals surface area contributed by atoms with Gasteiger partial charge in [0, 0.05) is 5.69 Å². The molecule has 4 heteroatoms. The van der Waals surface area contributed by atoms with Gasteiger partial charge in [0.1, 0.15) is 0 Å². The van der Waals surface area contributed by atoms with Crippen LogP contribution in [0.1, 0.15) is 28.3 Å². The highest BCUT2D eigenvalue weighted by atomic mass is 16.1. The van der Waals surface area contributed by atoms with Crippen molar-refractivity contribution in [2.24, 2.45) is 0 Å². The number of benzene rings is 3. The van der Waals surface area contributed by atoms with E-state index >= 15 is 0 Å². The zero-order valence-corrected chi connectivity index (χ0v) is 15.1. The summed E-state index contributed by atoms with van der Waals surface area (Å²) in [7, 11) is 0. The van der Waals surface area contributed by atoms with E-state index in [1.807, 2.05) is 30.3 Å². The summed E-state index contributed by atoms with van der Waals surface area (Å²) >= 11 is 0. The molecule has 1 unspecified atom stereocenters. The SMILES string of the molecule is Cc1ccc(C(NCC(=O)Nc2cccc(C#N)c2)c2ccccc2)cc1. The molecule has 0 aromatic heterocycles. The lowest BCUT2D eigenvalue weighted by molar-refractivity contribution is -0.115. The van der Waals surface area contributed by atoms with E-state index in [1.165, 1.54) is 5.56 Å². The Balaban J connectivity index is 1.71. The minimum atomic E-state index is -0.155. The molecular weight excluding hydrogens is 334 g/mol. The van der Waals surface area contributed by atoms with Gasteiger partial charge in [-0.3, -0.25) is 10.1 Å². The molecule has 0 aliphatic carbocycles. The van der Waals surface area contributed by atoms with E-state index in [2.05, 4.69) is 47.9 Å². The fourth-order valence-electron chi connectivity index (χ4n) is 2.90. The van der Waals surface area contributed by atoms with Crippen LogP contribution in [0.2, 0.25) is 0 Å². The fourth-order valence-corrected chi connectivity index (χ4v) is 2.90. The van der Waals surface area contributed by atoms with Crippen LogP contribution < -0.4 is 10.6 Å². The number of rotatable bonds is 6. The molecule has 3 rings (SSSR count). The summed E-state index contributed by atoms with van der Waals surface area (Å²) in [6.45, 7) is 2.21. The molecule has 2 N–H and O–H groups in total. The van der Waals surface area contributed by atoms with Crippen molar-refractivity contribution in [1.82, 2.24) is 5.32 Å². The predicted octanol–water partition coefficient (Wildman–Crippen LogP) is 4.18. The molecule has 0 aliphatic heterocycles. The third-order valence-corrected chi connectivity index (χ3v) is 4.29. The van der Waals surface area contributed by atoms with Crippen LogP contribution in [0.15, 0.2) is 78.9 Å². The first kappa shape index (κ1) is 18.4. The molecule has 0 saturated carbocycles. The van der Waals surface area contributed by atoms with E-state index in [4.69, 9.17) is 5.26 Å². The Bertz CT molecular complexity index is 943. The molecule has 0 bridgehead atoms. The zero-order chi connectivity index (χ0) is 19.1. The minimum absolute atomic E-state index is 0.0806. The smallest absolute Gasteiger partial charge is 0.238 e. The predicted molar refractivity (Wildman–Crippen MR) is 107 cm³/mol. The molecular formula is C23H21N3O. The molecule has 134 valence electrons. The van der Waals surface area contributed by atoms with Gasteiger partial charge in [-0.2, -0.15) is 5.26 Å². The lowest BCUT2D eigenvalue weighted by atomic mass is 9.98. The van der Waals surface area contributed by atoms with Gasteiger partial charge in [-0.15, -0.1) is 0 Å². The molecule has 27 heavy (non-hydrogen) atoms. The molecule has 0 heterocycles. The van der Waals surface area contributed by atoms with E-state index in [1.54, 1.807) is 24.3 Å². The van der Waals surface area contributed by atoms with Crippen LogP contribution in [0.3, 0.4) is 0 Å². The number of aryl methyl sites for hydroxylation is 1. The Hall–Kier alpha value is -3.42. The summed E-state index contributed by atoms with van der Waals surface area (Å²) in [6, 6.07) is 27.2. The van der Waals surface area contributed by atoms with Crippen LogP contribution in [0.25, 0.3) is 0 Å². The number of carbonyl (C=O) groups is 1. The Kier molecular flexibility index (Phi) is 5.98. The average Bonchev–Trinajstić information content (AvgIpc) is 2.70. The van der Waals surface area contributed by atoms with Gasteiger partial charge in [0.25, 0.3) is 0 Å². The Labute approximate surface area is 159 Å². The molecule has 1 atom stereocenters. The largest absolute Gasteiger partial charge is 0.325 e. The van der Waals surface area contributed by atoms with Gasteiger partial charge in [0.2, 0.25) is 5.91 Å².